The predicted molar refractivity (Wildman–Crippen MR) is 410 cm³/mol. The van der Waals surface area contributed by atoms with Crippen molar-refractivity contribution in [2.24, 2.45) is 0 Å². The average molecular weight is 1260 g/mol. The maximum absolute atomic E-state index is 9.37. The van der Waals surface area contributed by atoms with Crippen molar-refractivity contribution in [1.29, 1.82) is 0 Å². The lowest BCUT2D eigenvalue weighted by Gasteiger charge is -2.45. The normalized spacial score (nSPS) is 13.6. The van der Waals surface area contributed by atoms with Crippen LogP contribution in [0.4, 0.5) is 51.2 Å². The molecule has 0 N–H and O–H groups in total. The minimum absolute atomic E-state index is 0.0826. The molecule has 7 heteroatoms. The molecule has 0 bridgehead atoms. The van der Waals surface area contributed by atoms with Gasteiger partial charge in [0.25, 0.3) is 6.71 Å². The van der Waals surface area contributed by atoms with E-state index in [0.29, 0.717) is 5.56 Å². The summed E-state index contributed by atoms with van der Waals surface area (Å²) in [6.07, 6.45) is 0. The Morgan fingerprint density at radius 3 is 1.65 bits per heavy atom. The van der Waals surface area contributed by atoms with Gasteiger partial charge in [-0.15, -0.1) is 11.3 Å². The number of benzene rings is 13. The maximum Gasteiger partial charge on any atom is 0.264 e. The maximum atomic E-state index is 9.37. The highest BCUT2D eigenvalue weighted by atomic mass is 32.1. The van der Waals surface area contributed by atoms with Crippen LogP contribution in [0.25, 0.3) is 54.3 Å². The molecule has 0 spiro atoms. The van der Waals surface area contributed by atoms with E-state index < -0.39 is 14.1 Å². The van der Waals surface area contributed by atoms with Gasteiger partial charge in [0.1, 0.15) is 5.58 Å². The van der Waals surface area contributed by atoms with E-state index in [9.17, 15) is 2.74 Å². The fraction of sp³-hybridized carbons (Fsp3) is 0.0909. The van der Waals surface area contributed by atoms with Gasteiger partial charge in [-0.05, 0) is 149 Å². The molecule has 2 aromatic heterocycles. The Bertz CT molecular complexity index is 5590. The summed E-state index contributed by atoms with van der Waals surface area (Å²) in [5, 5.41) is 7.82. The highest BCUT2D eigenvalue weighted by Crippen LogP contribution is 2.52. The van der Waals surface area contributed by atoms with E-state index in [1.54, 1.807) is 11.3 Å². The predicted octanol–water partition coefficient (Wildman–Crippen LogP) is 19.7. The zero-order valence-corrected chi connectivity index (χ0v) is 55.7. The summed E-state index contributed by atoms with van der Waals surface area (Å²) in [6, 6.07) is 103. The summed E-state index contributed by atoms with van der Waals surface area (Å²) in [7, 11) is -3.43. The number of hydrogen-bond acceptors (Lipinski definition) is 5. The highest BCUT2D eigenvalue weighted by Gasteiger charge is 2.49. The fourth-order valence-corrected chi connectivity index (χ4v) is 21.1. The van der Waals surface area contributed by atoms with Gasteiger partial charge in [-0.3, -0.25) is 0 Å². The number of nitrogens with zero attached hydrogens (tertiary/aromatic N) is 3. The molecule has 2 aliphatic rings. The van der Waals surface area contributed by atoms with Crippen molar-refractivity contribution in [3.63, 3.8) is 0 Å². The molecule has 0 saturated carbocycles. The summed E-state index contributed by atoms with van der Waals surface area (Å²) in [5.41, 5.74) is 17.8. The second kappa shape index (κ2) is 22.8. The number of furan rings is 1. The van der Waals surface area contributed by atoms with Gasteiger partial charge < -0.3 is 19.1 Å². The van der Waals surface area contributed by atoms with Crippen LogP contribution in [0, 0.1) is 0 Å². The van der Waals surface area contributed by atoms with Crippen LogP contribution in [-0.4, -0.2) is 14.8 Å². The standard InChI is InChI=1S/C88H70BN3OSSi/c1-87(2,3)62-44-48-64(49-45-62)90(76-40-24-22-37-71(76)60-29-14-8-15-30-60)66-52-53-75-78(56-66)92(77-41-26-39-73-72-38-23-25-42-81(72)93-85(73)77)80-58-70(95(67-31-16-9-17-32-67,68-33-18-10-19-34-68)69-35-20-11-21-36-69)57-79-83(80)89(75)86-84(91(79)65-50-46-63(47-51-65)88(4,5)6)74-55-61(43-54-82(74)94-86)59-27-12-7-13-28-59/h7-58H,1-6H3/i7D,12D,13D,27D,28D. The quantitative estimate of drug-likeness (QED) is 0.0951. The van der Waals surface area contributed by atoms with Crippen LogP contribution in [0.2, 0.25) is 0 Å². The van der Waals surface area contributed by atoms with Crippen LogP contribution >= 0.6 is 11.3 Å². The first-order valence-electron chi connectivity index (χ1n) is 35.3. The largest absolute Gasteiger partial charge is 0.454 e. The van der Waals surface area contributed by atoms with Crippen molar-refractivity contribution < 1.29 is 11.3 Å². The number of fused-ring (bicyclic) bond motifs is 9. The zero-order chi connectivity index (χ0) is 68.5. The zero-order valence-electron chi connectivity index (χ0n) is 58.9. The van der Waals surface area contributed by atoms with E-state index >= 15 is 0 Å². The molecule has 0 unspecified atom stereocenters. The third-order valence-corrected chi connectivity index (χ3v) is 25.6. The second-order valence-electron chi connectivity index (χ2n) is 27.2. The van der Waals surface area contributed by atoms with Crippen molar-refractivity contribution in [3.05, 3.63) is 326 Å². The second-order valence-corrected chi connectivity index (χ2v) is 32.1. The Balaban J connectivity index is 1.05. The SMILES string of the molecule is [2H]c1c([2H])c([2H])c(-c2ccc3sc4c(c3c2)N(c2ccc(C(C)(C)C)cc2)c2cc([Si](c3ccccc3)(c3ccccc3)c3ccccc3)cc3c2B4c2ccc(N(c4ccc(C(C)(C)C)cc4)c4ccccc4-c4ccccc4)cc2N3c2cccc3c2oc2ccccc23)c([2H])c1[2H]. The molecule has 4 nitrogen and oxygen atoms in total. The van der Waals surface area contributed by atoms with Gasteiger partial charge in [0.05, 0.1) is 23.9 Å². The molecular weight excluding hydrogens is 1190 g/mol. The number of hydrogen-bond donors (Lipinski definition) is 0. The topological polar surface area (TPSA) is 22.9 Å². The van der Waals surface area contributed by atoms with Gasteiger partial charge >= 0.3 is 0 Å². The Kier molecular flexibility index (Phi) is 12.7. The smallest absolute Gasteiger partial charge is 0.264 e. The Morgan fingerprint density at radius 2 is 1.00 bits per heavy atom. The summed E-state index contributed by atoms with van der Waals surface area (Å²) < 4.78 is 54.6. The van der Waals surface area contributed by atoms with Gasteiger partial charge in [0.2, 0.25) is 0 Å². The van der Waals surface area contributed by atoms with Gasteiger partial charge in [-0.2, -0.15) is 0 Å². The van der Waals surface area contributed by atoms with Crippen molar-refractivity contribution in [3.8, 4) is 22.3 Å². The molecule has 0 fully saturated rings. The van der Waals surface area contributed by atoms with E-state index in [1.165, 1.54) is 31.9 Å². The third-order valence-electron chi connectivity index (χ3n) is 19.6. The molecular formula is C88H70BN3OSSi. The molecule has 0 aliphatic carbocycles. The Morgan fingerprint density at radius 1 is 0.432 bits per heavy atom. The van der Waals surface area contributed by atoms with E-state index in [-0.39, 0.29) is 47.3 Å². The molecule has 95 heavy (non-hydrogen) atoms. The summed E-state index contributed by atoms with van der Waals surface area (Å²) in [6.45, 7) is 13.2. The molecule has 15 aromatic rings. The molecule has 0 amide bonds. The van der Waals surface area contributed by atoms with Gasteiger partial charge in [-0.1, -0.05) is 278 Å². The lowest BCUT2D eigenvalue weighted by molar-refractivity contribution is 0.590. The van der Waals surface area contributed by atoms with Gasteiger partial charge in [0.15, 0.2) is 13.7 Å². The van der Waals surface area contributed by atoms with Crippen LogP contribution in [0.3, 0.4) is 0 Å². The first-order valence-corrected chi connectivity index (χ1v) is 35.6. The van der Waals surface area contributed by atoms with Gasteiger partial charge in [0, 0.05) is 65.3 Å². The van der Waals surface area contributed by atoms with Crippen LogP contribution in [0.1, 0.15) is 59.5 Å². The average Bonchev–Trinajstić information content (AvgIpc) is 1.18. The van der Waals surface area contributed by atoms with E-state index in [4.69, 9.17) is 8.53 Å². The lowest BCUT2D eigenvalue weighted by Crippen LogP contribution is -2.75. The van der Waals surface area contributed by atoms with E-state index in [0.717, 1.165) is 110 Å². The van der Waals surface area contributed by atoms with Crippen LogP contribution in [-0.2, 0) is 10.8 Å². The minimum Gasteiger partial charge on any atom is -0.454 e. The monoisotopic (exact) mass is 1260 g/mol. The molecule has 456 valence electrons. The van der Waals surface area contributed by atoms with Crippen molar-refractivity contribution >= 4 is 146 Å². The molecule has 2 aliphatic heterocycles. The van der Waals surface area contributed by atoms with Crippen LogP contribution < -0.4 is 51.1 Å². The summed E-state index contributed by atoms with van der Waals surface area (Å²) >= 11 is 1.76. The molecule has 13 aromatic carbocycles. The first kappa shape index (κ1) is 52.8. The lowest BCUT2D eigenvalue weighted by atomic mass is 9.36. The van der Waals surface area contributed by atoms with E-state index in [1.807, 2.05) is 12.1 Å². The van der Waals surface area contributed by atoms with Crippen molar-refractivity contribution in [1.82, 2.24) is 0 Å². The molecule has 4 heterocycles. The summed E-state index contributed by atoms with van der Waals surface area (Å²) in [5.74, 6) is 0. The number of para-hydroxylation sites is 3. The molecule has 0 radical (unpaired) electrons. The van der Waals surface area contributed by atoms with E-state index in [2.05, 4.69) is 329 Å². The summed E-state index contributed by atoms with van der Waals surface area (Å²) in [4.78, 5) is 7.45. The molecule has 0 atom stereocenters. The Hall–Kier alpha value is -10.7. The number of anilines is 9. The Labute approximate surface area is 569 Å². The minimum atomic E-state index is -3.43. The van der Waals surface area contributed by atoms with Gasteiger partial charge in [-0.25, -0.2) is 0 Å². The van der Waals surface area contributed by atoms with Crippen molar-refractivity contribution in [2.45, 2.75) is 52.4 Å². The number of rotatable bonds is 11. The first-order chi connectivity index (χ1) is 48.5. The van der Waals surface area contributed by atoms with Crippen molar-refractivity contribution in [2.75, 3.05) is 14.7 Å². The van der Waals surface area contributed by atoms with Crippen LogP contribution in [0.5, 0.6) is 0 Å². The molecule has 0 saturated heterocycles. The molecule has 17 rings (SSSR count). The highest BCUT2D eigenvalue weighted by molar-refractivity contribution is 7.33. The third kappa shape index (κ3) is 9.62. The fourth-order valence-electron chi connectivity index (χ4n) is 15.1. The number of thiophene rings is 1. The van der Waals surface area contributed by atoms with Crippen LogP contribution in [0.15, 0.2) is 320 Å².